The van der Waals surface area contributed by atoms with Crippen LogP contribution in [0.4, 0.5) is 5.69 Å². The Morgan fingerprint density at radius 1 is 1.03 bits per heavy atom. The molecule has 1 aliphatic heterocycles. The van der Waals surface area contributed by atoms with E-state index in [4.69, 9.17) is 4.74 Å². The lowest BCUT2D eigenvalue weighted by Gasteiger charge is -2.36. The molecule has 1 amide bonds. The van der Waals surface area contributed by atoms with E-state index in [1.54, 1.807) is 25.1 Å². The lowest BCUT2D eigenvalue weighted by molar-refractivity contribution is 0.0742. The summed E-state index contributed by atoms with van der Waals surface area (Å²) in [5.74, 6) is 0.124. The number of pyridine rings is 1. The van der Waals surface area contributed by atoms with Crippen molar-refractivity contribution < 1.29 is 9.53 Å². The molecule has 0 N–H and O–H groups in total. The van der Waals surface area contributed by atoms with Crippen LogP contribution in [0.15, 0.2) is 46.4 Å². The molecule has 3 aromatic rings. The number of anilines is 1. The number of carbonyl (C=O) groups excluding carboxylic acids is 1. The predicted octanol–water partition coefficient (Wildman–Crippen LogP) is 0.603. The van der Waals surface area contributed by atoms with Crippen molar-refractivity contribution in [3.63, 3.8) is 0 Å². The molecule has 0 spiro atoms. The van der Waals surface area contributed by atoms with Gasteiger partial charge < -0.3 is 23.7 Å². The van der Waals surface area contributed by atoms with E-state index in [9.17, 15) is 14.4 Å². The van der Waals surface area contributed by atoms with Gasteiger partial charge in [0.05, 0.1) is 29.9 Å². The number of piperazine rings is 1. The first-order chi connectivity index (χ1) is 14.4. The first-order valence-corrected chi connectivity index (χ1v) is 9.63. The Bertz CT molecular complexity index is 1240. The molecule has 156 valence electrons. The second-order valence-electron chi connectivity index (χ2n) is 7.35. The standard InChI is InChI=1S/C21H23N5O4/c1-23-12-16(18(30-3)11-19(23)27)21(29)26-8-6-25(7-9-26)14-4-5-15-17(10-14)22-13-24(2)20(15)28/h4-5,10-13H,6-9H2,1-3H3. The molecule has 2 aromatic heterocycles. The van der Waals surface area contributed by atoms with Crippen molar-refractivity contribution in [1.82, 2.24) is 19.0 Å². The van der Waals surface area contributed by atoms with Crippen LogP contribution in [-0.2, 0) is 14.1 Å². The van der Waals surface area contributed by atoms with Crippen molar-refractivity contribution in [3.05, 3.63) is 63.1 Å². The number of methoxy groups -OCH3 is 1. The Balaban J connectivity index is 1.52. The Hall–Kier alpha value is -3.62. The van der Waals surface area contributed by atoms with E-state index in [1.807, 2.05) is 12.1 Å². The van der Waals surface area contributed by atoms with Crippen molar-refractivity contribution in [3.8, 4) is 5.75 Å². The smallest absolute Gasteiger partial charge is 0.260 e. The number of amides is 1. The second-order valence-corrected chi connectivity index (χ2v) is 7.35. The molecule has 1 aliphatic rings. The minimum absolute atomic E-state index is 0.0758. The number of benzene rings is 1. The zero-order valence-corrected chi connectivity index (χ0v) is 17.2. The number of fused-ring (bicyclic) bond motifs is 1. The Morgan fingerprint density at radius 3 is 2.47 bits per heavy atom. The van der Waals surface area contributed by atoms with Crippen molar-refractivity contribution >= 4 is 22.5 Å². The fraction of sp³-hybridized carbons (Fsp3) is 0.333. The third-order valence-electron chi connectivity index (χ3n) is 5.47. The van der Waals surface area contributed by atoms with E-state index >= 15 is 0 Å². The summed E-state index contributed by atoms with van der Waals surface area (Å²) in [6.45, 7) is 2.37. The van der Waals surface area contributed by atoms with Crippen LogP contribution in [-0.4, -0.2) is 58.2 Å². The molecule has 9 heteroatoms. The summed E-state index contributed by atoms with van der Waals surface area (Å²) in [4.78, 5) is 45.3. The maximum atomic E-state index is 13.0. The van der Waals surface area contributed by atoms with Gasteiger partial charge in [0, 0.05) is 58.2 Å². The van der Waals surface area contributed by atoms with Crippen LogP contribution in [0.1, 0.15) is 10.4 Å². The van der Waals surface area contributed by atoms with Gasteiger partial charge in [0.25, 0.3) is 17.0 Å². The van der Waals surface area contributed by atoms with Gasteiger partial charge in [0.1, 0.15) is 5.75 Å². The van der Waals surface area contributed by atoms with E-state index in [0.29, 0.717) is 42.6 Å². The van der Waals surface area contributed by atoms with Gasteiger partial charge in [0.15, 0.2) is 0 Å². The molecule has 0 aliphatic carbocycles. The molecule has 1 aromatic carbocycles. The lowest BCUT2D eigenvalue weighted by Crippen LogP contribution is -2.49. The third kappa shape index (κ3) is 3.42. The summed E-state index contributed by atoms with van der Waals surface area (Å²) >= 11 is 0. The largest absolute Gasteiger partial charge is 0.496 e. The van der Waals surface area contributed by atoms with Gasteiger partial charge in [-0.2, -0.15) is 0 Å². The Kier molecular flexibility index (Phi) is 5.03. The number of carbonyl (C=O) groups is 1. The van der Waals surface area contributed by atoms with Crippen LogP contribution in [0.5, 0.6) is 5.75 Å². The highest BCUT2D eigenvalue weighted by Gasteiger charge is 2.25. The van der Waals surface area contributed by atoms with Crippen LogP contribution in [0.3, 0.4) is 0 Å². The topological polar surface area (TPSA) is 89.7 Å². The molecule has 3 heterocycles. The highest BCUT2D eigenvalue weighted by Crippen LogP contribution is 2.22. The molecular formula is C21H23N5O4. The number of aromatic nitrogens is 3. The summed E-state index contributed by atoms with van der Waals surface area (Å²) in [7, 11) is 4.74. The molecule has 0 atom stereocenters. The molecule has 1 fully saturated rings. The van der Waals surface area contributed by atoms with Gasteiger partial charge in [-0.15, -0.1) is 0 Å². The highest BCUT2D eigenvalue weighted by molar-refractivity contribution is 5.96. The monoisotopic (exact) mass is 409 g/mol. The zero-order chi connectivity index (χ0) is 21.4. The average molecular weight is 409 g/mol. The maximum Gasteiger partial charge on any atom is 0.260 e. The number of nitrogens with zero attached hydrogens (tertiary/aromatic N) is 5. The van der Waals surface area contributed by atoms with Crippen LogP contribution in [0.25, 0.3) is 10.9 Å². The number of hydrogen-bond donors (Lipinski definition) is 0. The van der Waals surface area contributed by atoms with Crippen molar-refractivity contribution in [1.29, 1.82) is 0 Å². The minimum atomic E-state index is -0.229. The van der Waals surface area contributed by atoms with Crippen LogP contribution in [0, 0.1) is 0 Å². The van der Waals surface area contributed by atoms with Gasteiger partial charge in [-0.25, -0.2) is 4.98 Å². The predicted molar refractivity (Wildman–Crippen MR) is 113 cm³/mol. The minimum Gasteiger partial charge on any atom is -0.496 e. The van der Waals surface area contributed by atoms with Crippen LogP contribution >= 0.6 is 0 Å². The molecular weight excluding hydrogens is 386 g/mol. The Labute approximate surface area is 172 Å². The van der Waals surface area contributed by atoms with Gasteiger partial charge in [-0.05, 0) is 18.2 Å². The fourth-order valence-corrected chi connectivity index (χ4v) is 3.68. The summed E-state index contributed by atoms with van der Waals surface area (Å²) in [5, 5.41) is 0.583. The SMILES string of the molecule is COc1cc(=O)n(C)cc1C(=O)N1CCN(c2ccc3c(=O)n(C)cnc3c2)CC1. The van der Waals surface area contributed by atoms with E-state index in [-0.39, 0.29) is 22.8 Å². The summed E-state index contributed by atoms with van der Waals surface area (Å²) in [6.07, 6.45) is 3.04. The molecule has 1 saturated heterocycles. The average Bonchev–Trinajstić information content (AvgIpc) is 2.77. The first kappa shape index (κ1) is 19.7. The first-order valence-electron chi connectivity index (χ1n) is 9.63. The summed E-state index contributed by atoms with van der Waals surface area (Å²) < 4.78 is 8.07. The van der Waals surface area contributed by atoms with Crippen LogP contribution < -0.4 is 20.8 Å². The van der Waals surface area contributed by atoms with Gasteiger partial charge in [-0.1, -0.05) is 0 Å². The normalized spacial score (nSPS) is 14.2. The van der Waals surface area contributed by atoms with Crippen LogP contribution in [0.2, 0.25) is 0 Å². The van der Waals surface area contributed by atoms with E-state index in [0.717, 1.165) is 5.69 Å². The quantitative estimate of drug-likeness (QED) is 0.630. The lowest BCUT2D eigenvalue weighted by atomic mass is 10.1. The van der Waals surface area contributed by atoms with E-state index in [1.165, 1.54) is 34.8 Å². The van der Waals surface area contributed by atoms with Crippen molar-refractivity contribution in [2.75, 3.05) is 38.2 Å². The zero-order valence-electron chi connectivity index (χ0n) is 17.2. The Morgan fingerprint density at radius 2 is 1.77 bits per heavy atom. The molecule has 4 rings (SSSR count). The van der Waals surface area contributed by atoms with Gasteiger partial charge in [-0.3, -0.25) is 14.4 Å². The maximum absolute atomic E-state index is 13.0. The molecule has 0 radical (unpaired) electrons. The van der Waals surface area contributed by atoms with Gasteiger partial charge in [0.2, 0.25) is 0 Å². The second kappa shape index (κ2) is 7.66. The molecule has 9 nitrogen and oxygen atoms in total. The molecule has 0 bridgehead atoms. The van der Waals surface area contributed by atoms with Gasteiger partial charge >= 0.3 is 0 Å². The summed E-state index contributed by atoms with van der Waals surface area (Å²) in [5.41, 5.74) is 1.69. The number of aryl methyl sites for hydroxylation is 2. The van der Waals surface area contributed by atoms with Crippen molar-refractivity contribution in [2.45, 2.75) is 0 Å². The summed E-state index contributed by atoms with van der Waals surface area (Å²) in [6, 6.07) is 6.95. The third-order valence-corrected chi connectivity index (χ3v) is 5.47. The van der Waals surface area contributed by atoms with E-state index in [2.05, 4.69) is 9.88 Å². The highest BCUT2D eigenvalue weighted by atomic mass is 16.5. The van der Waals surface area contributed by atoms with Crippen molar-refractivity contribution in [2.24, 2.45) is 14.1 Å². The number of rotatable bonds is 3. The number of ether oxygens (including phenoxy) is 1. The molecule has 0 unspecified atom stereocenters. The molecule has 30 heavy (non-hydrogen) atoms. The number of hydrogen-bond acceptors (Lipinski definition) is 6. The fourth-order valence-electron chi connectivity index (χ4n) is 3.68. The molecule has 0 saturated carbocycles. The van der Waals surface area contributed by atoms with E-state index < -0.39 is 0 Å².